The zero-order chi connectivity index (χ0) is 17.4. The van der Waals surface area contributed by atoms with Crippen LogP contribution in [0.2, 0.25) is 0 Å². The van der Waals surface area contributed by atoms with Crippen molar-refractivity contribution in [2.24, 2.45) is 10.9 Å². The molecule has 6 heteroatoms. The van der Waals surface area contributed by atoms with Crippen LogP contribution in [-0.2, 0) is 11.2 Å². The first-order valence-corrected chi connectivity index (χ1v) is 9.69. The van der Waals surface area contributed by atoms with Gasteiger partial charge in [-0.25, -0.2) is 0 Å². The number of thiophene rings is 1. The summed E-state index contributed by atoms with van der Waals surface area (Å²) in [5, 5.41) is 9.08. The molecule has 2 N–H and O–H groups in total. The Labute approximate surface area is 150 Å². The van der Waals surface area contributed by atoms with Gasteiger partial charge in [0.2, 0.25) is 0 Å². The summed E-state index contributed by atoms with van der Waals surface area (Å²) < 4.78 is 5.45. The number of rotatable bonds is 7. The van der Waals surface area contributed by atoms with Gasteiger partial charge in [-0.3, -0.25) is 9.89 Å². The van der Waals surface area contributed by atoms with E-state index in [1.165, 1.54) is 4.88 Å². The smallest absolute Gasteiger partial charge is 0.191 e. The van der Waals surface area contributed by atoms with Gasteiger partial charge in [0.05, 0.1) is 13.2 Å². The number of hydrogen-bond donors (Lipinski definition) is 2. The van der Waals surface area contributed by atoms with Crippen molar-refractivity contribution >= 4 is 17.3 Å². The Hall–Kier alpha value is -1.11. The molecule has 0 radical (unpaired) electrons. The lowest BCUT2D eigenvalue weighted by atomic mass is 10.0. The van der Waals surface area contributed by atoms with Crippen molar-refractivity contribution in [2.45, 2.75) is 32.7 Å². The molecule has 5 nitrogen and oxygen atoms in total. The topological polar surface area (TPSA) is 48.9 Å². The van der Waals surface area contributed by atoms with Gasteiger partial charge in [0, 0.05) is 43.6 Å². The lowest BCUT2D eigenvalue weighted by Gasteiger charge is -2.41. The van der Waals surface area contributed by atoms with Crippen LogP contribution in [0.25, 0.3) is 0 Å². The molecule has 1 saturated heterocycles. The van der Waals surface area contributed by atoms with Gasteiger partial charge in [0.15, 0.2) is 5.96 Å². The summed E-state index contributed by atoms with van der Waals surface area (Å²) in [5.74, 6) is 1.46. The number of morpholine rings is 1. The van der Waals surface area contributed by atoms with Crippen LogP contribution in [0.1, 0.15) is 25.6 Å². The Kier molecular flexibility index (Phi) is 7.52. The number of nitrogens with one attached hydrogen (secondary N) is 2. The maximum absolute atomic E-state index is 5.45. The molecule has 1 aliphatic rings. The van der Waals surface area contributed by atoms with Crippen molar-refractivity contribution < 1.29 is 4.74 Å². The van der Waals surface area contributed by atoms with Gasteiger partial charge in [-0.05, 0) is 37.6 Å². The highest BCUT2D eigenvalue weighted by molar-refractivity contribution is 7.09. The normalized spacial score (nSPS) is 18.4. The van der Waals surface area contributed by atoms with E-state index in [1.807, 2.05) is 18.4 Å². The van der Waals surface area contributed by atoms with E-state index in [2.05, 4.69) is 58.8 Å². The third-order valence-corrected chi connectivity index (χ3v) is 5.43. The summed E-state index contributed by atoms with van der Waals surface area (Å²) in [6.07, 6.45) is 1.11. The summed E-state index contributed by atoms with van der Waals surface area (Å²) >= 11 is 1.83. The fourth-order valence-corrected chi connectivity index (χ4v) is 3.79. The molecule has 0 bridgehead atoms. The molecule has 2 heterocycles. The average molecular weight is 353 g/mol. The molecule has 0 saturated carbocycles. The zero-order valence-electron chi connectivity index (χ0n) is 15.5. The van der Waals surface area contributed by atoms with Crippen molar-refractivity contribution in [3.63, 3.8) is 0 Å². The molecular formula is C18H32N4OS. The second-order valence-corrected chi connectivity index (χ2v) is 8.14. The van der Waals surface area contributed by atoms with Crippen LogP contribution in [0.15, 0.2) is 22.5 Å². The Balaban J connectivity index is 1.73. The van der Waals surface area contributed by atoms with Gasteiger partial charge in [0.25, 0.3) is 0 Å². The predicted molar refractivity (Wildman–Crippen MR) is 103 cm³/mol. The number of aliphatic imine (C=N–C) groups is 1. The third kappa shape index (κ3) is 6.07. The van der Waals surface area contributed by atoms with E-state index < -0.39 is 0 Å². The van der Waals surface area contributed by atoms with E-state index in [4.69, 9.17) is 4.74 Å². The summed E-state index contributed by atoms with van der Waals surface area (Å²) in [6, 6.07) is 4.33. The van der Waals surface area contributed by atoms with Crippen molar-refractivity contribution in [3.8, 4) is 0 Å². The maximum atomic E-state index is 5.45. The van der Waals surface area contributed by atoms with E-state index >= 15 is 0 Å². The largest absolute Gasteiger partial charge is 0.379 e. The van der Waals surface area contributed by atoms with Crippen LogP contribution < -0.4 is 10.6 Å². The minimum Gasteiger partial charge on any atom is -0.379 e. The van der Waals surface area contributed by atoms with Crippen LogP contribution in [0.3, 0.4) is 0 Å². The zero-order valence-corrected chi connectivity index (χ0v) is 16.3. The van der Waals surface area contributed by atoms with Gasteiger partial charge in [-0.1, -0.05) is 13.0 Å². The molecule has 1 fully saturated rings. The maximum Gasteiger partial charge on any atom is 0.191 e. The predicted octanol–water partition coefficient (Wildman–Crippen LogP) is 2.20. The molecule has 0 aliphatic carbocycles. The Morgan fingerprint density at radius 2 is 2.12 bits per heavy atom. The summed E-state index contributed by atoms with van der Waals surface area (Å²) in [7, 11) is 1.83. The summed E-state index contributed by atoms with van der Waals surface area (Å²) in [6.45, 7) is 12.3. The summed E-state index contributed by atoms with van der Waals surface area (Å²) in [4.78, 5) is 8.29. The minimum absolute atomic E-state index is 0.0873. The van der Waals surface area contributed by atoms with Gasteiger partial charge in [-0.15, -0.1) is 11.3 Å². The molecule has 136 valence electrons. The highest BCUT2D eigenvalue weighted by Gasteiger charge is 2.28. The highest BCUT2D eigenvalue weighted by Crippen LogP contribution is 2.15. The lowest BCUT2D eigenvalue weighted by molar-refractivity contribution is -0.00834. The molecule has 1 atom stereocenters. The Morgan fingerprint density at radius 3 is 2.75 bits per heavy atom. The Bertz CT molecular complexity index is 495. The number of hydrogen-bond acceptors (Lipinski definition) is 4. The van der Waals surface area contributed by atoms with Crippen LogP contribution in [0, 0.1) is 5.92 Å². The van der Waals surface area contributed by atoms with E-state index in [0.717, 1.165) is 51.8 Å². The first-order chi connectivity index (χ1) is 11.5. The quantitative estimate of drug-likeness (QED) is 0.583. The molecule has 1 aromatic heterocycles. The van der Waals surface area contributed by atoms with Crippen molar-refractivity contribution in [1.29, 1.82) is 0 Å². The van der Waals surface area contributed by atoms with E-state index in [0.29, 0.717) is 5.92 Å². The second-order valence-electron chi connectivity index (χ2n) is 7.11. The standard InChI is InChI=1S/C18H32N4OS/c1-15(12-16-6-5-11-24-16)13-20-17(19-4)21-14-18(2,3)22-7-9-23-10-8-22/h5-6,11,15H,7-10,12-14H2,1-4H3,(H2,19,20,21). The minimum atomic E-state index is 0.0873. The summed E-state index contributed by atoms with van der Waals surface area (Å²) in [5.41, 5.74) is 0.0873. The first-order valence-electron chi connectivity index (χ1n) is 8.81. The fourth-order valence-electron chi connectivity index (χ4n) is 2.92. The molecule has 0 amide bonds. The molecule has 2 rings (SSSR count). The average Bonchev–Trinajstić information content (AvgIpc) is 3.08. The van der Waals surface area contributed by atoms with Gasteiger partial charge in [-0.2, -0.15) is 0 Å². The number of ether oxygens (including phenoxy) is 1. The lowest BCUT2D eigenvalue weighted by Crippen LogP contribution is -2.56. The van der Waals surface area contributed by atoms with Crippen molar-refractivity contribution in [1.82, 2.24) is 15.5 Å². The van der Waals surface area contributed by atoms with Crippen LogP contribution in [0.5, 0.6) is 0 Å². The first kappa shape index (κ1) is 19.2. The SMILES string of the molecule is CN=C(NCC(C)Cc1cccs1)NCC(C)(C)N1CCOCC1. The van der Waals surface area contributed by atoms with Gasteiger partial charge >= 0.3 is 0 Å². The molecule has 1 unspecified atom stereocenters. The molecule has 1 aliphatic heterocycles. The van der Waals surface area contributed by atoms with Crippen LogP contribution >= 0.6 is 11.3 Å². The van der Waals surface area contributed by atoms with Crippen LogP contribution in [0.4, 0.5) is 0 Å². The number of nitrogens with zero attached hydrogens (tertiary/aromatic N) is 2. The molecule has 24 heavy (non-hydrogen) atoms. The van der Waals surface area contributed by atoms with Crippen LogP contribution in [-0.4, -0.2) is 62.8 Å². The molecule has 0 spiro atoms. The molecule has 1 aromatic rings. The van der Waals surface area contributed by atoms with E-state index in [9.17, 15) is 0 Å². The van der Waals surface area contributed by atoms with E-state index in [-0.39, 0.29) is 5.54 Å². The van der Waals surface area contributed by atoms with Crippen molar-refractivity contribution in [2.75, 3.05) is 46.4 Å². The molecule has 0 aromatic carbocycles. The van der Waals surface area contributed by atoms with Crippen molar-refractivity contribution in [3.05, 3.63) is 22.4 Å². The Morgan fingerprint density at radius 1 is 1.38 bits per heavy atom. The number of guanidine groups is 1. The monoisotopic (exact) mass is 352 g/mol. The van der Waals surface area contributed by atoms with Gasteiger partial charge < -0.3 is 15.4 Å². The second kappa shape index (κ2) is 9.39. The fraction of sp³-hybridized carbons (Fsp3) is 0.722. The highest BCUT2D eigenvalue weighted by atomic mass is 32.1. The van der Waals surface area contributed by atoms with E-state index in [1.54, 1.807) is 0 Å². The third-order valence-electron chi connectivity index (χ3n) is 4.53. The molecular weight excluding hydrogens is 320 g/mol. The van der Waals surface area contributed by atoms with Gasteiger partial charge in [0.1, 0.15) is 0 Å².